The fourth-order valence-corrected chi connectivity index (χ4v) is 13.5. The maximum Gasteiger partial charge on any atom is 0.150 e. The molecule has 26 nitrogen and oxygen atoms in total. The van der Waals surface area contributed by atoms with Gasteiger partial charge in [-0.2, -0.15) is 0 Å². The molecule has 7 unspecified atom stereocenters. The highest BCUT2D eigenvalue weighted by molar-refractivity contribution is 5.94. The third-order valence-electron chi connectivity index (χ3n) is 22.3. The van der Waals surface area contributed by atoms with Gasteiger partial charge in [-0.1, -0.05) is 251 Å². The summed E-state index contributed by atoms with van der Waals surface area (Å²) in [5.41, 5.74) is 7.39. The van der Waals surface area contributed by atoms with Crippen molar-refractivity contribution in [3.8, 4) is 0 Å². The average Bonchev–Trinajstić information content (AvgIpc) is 0.854. The predicted octanol–water partition coefficient (Wildman–Crippen LogP) is 16.7. The number of rotatable bonds is 49. The fraction of sp³-hybridized carbons (Fsp3) is 0.673. The van der Waals surface area contributed by atoms with Crippen molar-refractivity contribution in [3.05, 3.63) is 145 Å². The van der Waals surface area contributed by atoms with E-state index in [1.165, 1.54) is 99.8 Å². The normalized spacial score (nSPS) is 14.0. The lowest BCUT2D eigenvalue weighted by Crippen LogP contribution is -2.45. The van der Waals surface area contributed by atoms with Crippen molar-refractivity contribution in [2.45, 2.75) is 332 Å². The molecule has 4 aromatic carbocycles. The third kappa shape index (κ3) is 103. The van der Waals surface area contributed by atoms with Crippen LogP contribution in [0.2, 0.25) is 0 Å². The summed E-state index contributed by atoms with van der Waals surface area (Å²) in [6.45, 7) is 38.3. The van der Waals surface area contributed by atoms with Gasteiger partial charge in [0.15, 0.2) is 11.6 Å². The molecule has 3 fully saturated rings. The van der Waals surface area contributed by atoms with Gasteiger partial charge in [-0.15, -0.1) is 0 Å². The van der Waals surface area contributed by atoms with Gasteiger partial charge < -0.3 is 86.9 Å². The third-order valence-corrected chi connectivity index (χ3v) is 22.3. The second-order valence-electron chi connectivity index (χ2n) is 36.5. The standard InChI is InChI=1S/C18H28N2O2.C18H27NO2.C12H24N2O2.C12H23NO2.C8H16N2O.C8H18N2O.C7H14.C6H14N2.2C6H6.C4H8O.2C3H6O.C2H7N/c1-14(21)16(15-9-5-4-6-10-15)13-18(22)17(20-3)11-7-8-12-19-2;1-4-5-7-12-17(19-3)18(21)13-16(14(2)20)15-10-8-6-9-11-15;1-10(15)7-8-12(16)11(14-3)6-4-5-9-13-2;1-4-5-6-7-11(13-3)12(15)9-8-10(2)14;1-8(11)7-10-5-3-9(2)4-6-10;1-7(11)8(9)5-3-4-6-10-2;1-7-5-3-2-4-6-7;1-7-3-5-8(2)6-4-7;2*1-2-4-6-5-3-1;1-3-4(2)5;2*1-3(2)4;1-3-2/h4-6,9-10,16-17,19-20H,7-8,11-13H2,1-3H3;6,8-11,16-17,19H,4-5,7,12-13H2,1-3H3;11,13-14H,4-9H2,1-3H3;11,13H,4-9H2,1-3H3;3-7H2,1-2H3;8,10H,3-6,9H2,1-2H3;7H,2-6H2,1H3;3-6H2,1-2H3;2*1-6H;3H2,1-2H3;2*1-2H3;3H,1-2H3. The van der Waals surface area contributed by atoms with Gasteiger partial charge in [0.1, 0.15) is 63.6 Å². The molecule has 0 bridgehead atoms. The van der Waals surface area contributed by atoms with Crippen LogP contribution in [0.1, 0.15) is 313 Å². The van der Waals surface area contributed by atoms with Gasteiger partial charge in [0, 0.05) is 109 Å². The summed E-state index contributed by atoms with van der Waals surface area (Å²) < 4.78 is 0. The number of Topliss-reactive ketones (excluding diaryl/α,β-unsaturated/α-hetero) is 13. The van der Waals surface area contributed by atoms with Gasteiger partial charge >= 0.3 is 0 Å². The highest BCUT2D eigenvalue weighted by atomic mass is 16.2. The smallest absolute Gasteiger partial charge is 0.150 e. The second kappa shape index (κ2) is 104. The number of benzene rings is 4. The molecule has 2 aliphatic heterocycles. The molecule has 2 saturated heterocycles. The van der Waals surface area contributed by atoms with Gasteiger partial charge in [0.25, 0.3) is 0 Å². The molecule has 1 aliphatic carbocycles. The lowest BCUT2D eigenvalue weighted by molar-refractivity contribution is -0.125. The summed E-state index contributed by atoms with van der Waals surface area (Å²) in [6.07, 6.45) is 27.4. The number of nitrogens with zero attached hydrogens (tertiary/aromatic N) is 4. The molecule has 3 aliphatic rings. The Hall–Kier alpha value is -7.93. The molecule has 0 spiro atoms. The highest BCUT2D eigenvalue weighted by Gasteiger charge is 2.27. The fourth-order valence-electron chi connectivity index (χ4n) is 13.5. The zero-order valence-corrected chi connectivity index (χ0v) is 92.5. The van der Waals surface area contributed by atoms with Crippen molar-refractivity contribution >= 4 is 75.2 Å². The first-order valence-electron chi connectivity index (χ1n) is 51.5. The van der Waals surface area contributed by atoms with Crippen LogP contribution >= 0.6 is 0 Å². The molecule has 1 saturated carbocycles. The van der Waals surface area contributed by atoms with Crippen molar-refractivity contribution in [1.82, 2.24) is 62.1 Å². The van der Waals surface area contributed by atoms with Crippen LogP contribution in [0.15, 0.2) is 133 Å². The number of ketones is 13. The van der Waals surface area contributed by atoms with Crippen LogP contribution in [0.25, 0.3) is 0 Å². The van der Waals surface area contributed by atoms with E-state index in [4.69, 9.17) is 5.73 Å². The molecule has 7 atom stereocenters. The highest BCUT2D eigenvalue weighted by Crippen LogP contribution is 2.25. The minimum Gasteiger partial charge on any atom is -0.323 e. The SMILES string of the molecule is CC(=O)CN1CCN(C)CC1.CC(C)=O.CC(C)=O.CC1CCCCC1.CCC(C)=O.CCCCCC(NC)C(=O)CC(C(C)=O)c1ccccc1.CCCCCC(NC)C(=O)CCC(C)=O.CN1CCN(C)CC1.CNC.CNCCCCC(N)C(C)=O.CNCCCCC(NC)C(=O)CC(C(C)=O)c1ccccc1.CNCCCCC(NC)C(=O)CCC(C)=O.c1ccccc1.c1ccccc1. The van der Waals surface area contributed by atoms with Crippen LogP contribution in [0, 0.1) is 5.92 Å². The maximum atomic E-state index is 12.5. The molecule has 0 aromatic heterocycles. The number of piperazine rings is 2. The monoisotopic (exact) mass is 1950 g/mol. The summed E-state index contributed by atoms with van der Waals surface area (Å²) in [4.78, 5) is 153. The van der Waals surface area contributed by atoms with Crippen LogP contribution in [0.4, 0.5) is 0 Å². The lowest BCUT2D eigenvalue weighted by Gasteiger charge is -2.31. The zero-order valence-electron chi connectivity index (χ0n) is 92.5. The van der Waals surface area contributed by atoms with Crippen LogP contribution in [0.5, 0.6) is 0 Å². The molecule has 26 heteroatoms. The number of hydrogen-bond donors (Lipinski definition) is 9. The van der Waals surface area contributed by atoms with Crippen molar-refractivity contribution in [2.75, 3.05) is 163 Å². The largest absolute Gasteiger partial charge is 0.323 e. The number of nitrogens with two attached hydrogens (primary N) is 1. The number of carbonyl (C=O) groups is 13. The molecular weight excluding hydrogens is 1750 g/mol. The second-order valence-corrected chi connectivity index (χ2v) is 36.5. The van der Waals surface area contributed by atoms with E-state index in [1.54, 1.807) is 41.7 Å². The summed E-state index contributed by atoms with van der Waals surface area (Å²) in [5.74, 6) is 2.19. The molecule has 2 heterocycles. The van der Waals surface area contributed by atoms with E-state index in [0.29, 0.717) is 38.6 Å². The van der Waals surface area contributed by atoms with Crippen LogP contribution in [-0.4, -0.2) is 288 Å². The van der Waals surface area contributed by atoms with E-state index in [0.717, 1.165) is 172 Å². The summed E-state index contributed by atoms with van der Waals surface area (Å²) in [5, 5.41) is 24.2. The van der Waals surface area contributed by atoms with Crippen LogP contribution in [0.3, 0.4) is 0 Å². The number of unbranched alkanes of at least 4 members (excludes halogenated alkanes) is 7. The molecule has 0 radical (unpaired) electrons. The van der Waals surface area contributed by atoms with E-state index < -0.39 is 0 Å². The van der Waals surface area contributed by atoms with E-state index in [9.17, 15) is 62.3 Å². The van der Waals surface area contributed by atoms with Crippen molar-refractivity contribution in [2.24, 2.45) is 11.7 Å². The van der Waals surface area contributed by atoms with Crippen LogP contribution in [-0.2, 0) is 62.3 Å². The molecule has 798 valence electrons. The molecule has 4 aromatic rings. The maximum absolute atomic E-state index is 12.5. The molecule has 10 N–H and O–H groups in total. The zero-order chi connectivity index (χ0) is 107. The average molecular weight is 1950 g/mol. The van der Waals surface area contributed by atoms with Gasteiger partial charge in [0.2, 0.25) is 0 Å². The van der Waals surface area contributed by atoms with Gasteiger partial charge in [-0.25, -0.2) is 0 Å². The van der Waals surface area contributed by atoms with Crippen molar-refractivity contribution in [3.63, 3.8) is 0 Å². The Morgan fingerprint density at radius 3 is 0.799 bits per heavy atom. The first-order valence-corrected chi connectivity index (χ1v) is 51.5. The Bertz CT molecular complexity index is 3470. The molecule has 0 amide bonds. The van der Waals surface area contributed by atoms with Gasteiger partial charge in [-0.3, -0.25) is 43.3 Å². The predicted molar refractivity (Wildman–Crippen MR) is 584 cm³/mol. The van der Waals surface area contributed by atoms with Crippen molar-refractivity contribution in [1.29, 1.82) is 0 Å². The quantitative estimate of drug-likeness (QED) is 0.0185. The summed E-state index contributed by atoms with van der Waals surface area (Å²) in [6, 6.07) is 42.5. The van der Waals surface area contributed by atoms with E-state index in [2.05, 4.69) is 104 Å². The molecule has 7 rings (SSSR count). The molecule has 139 heavy (non-hydrogen) atoms. The van der Waals surface area contributed by atoms with Crippen molar-refractivity contribution < 1.29 is 62.3 Å². The van der Waals surface area contributed by atoms with E-state index in [1.807, 2.05) is 197 Å². The summed E-state index contributed by atoms with van der Waals surface area (Å²) >= 11 is 0. The minimum absolute atomic E-state index is 0.0459. The van der Waals surface area contributed by atoms with Crippen LogP contribution < -0.4 is 48.3 Å². The Morgan fingerprint density at radius 1 is 0.331 bits per heavy atom. The lowest BCUT2D eigenvalue weighted by atomic mass is 9.88. The Morgan fingerprint density at radius 2 is 0.583 bits per heavy atom. The first kappa shape index (κ1) is 144. The number of likely N-dealkylation sites (N-methyl/N-ethyl adjacent to an activating group) is 7. The molecular formula is C113H203N13O13. The Balaban J connectivity index is -0.000000279. The Kier molecular flexibility index (Phi) is 108. The summed E-state index contributed by atoms with van der Waals surface area (Å²) in [7, 11) is 23.2. The topological polar surface area (TPSA) is 357 Å². The number of nitrogens with one attached hydrogen (secondary N) is 8. The minimum atomic E-state index is -0.332. The number of carbonyl (C=O) groups excluding carboxylic acids is 13. The van der Waals surface area contributed by atoms with E-state index >= 15 is 0 Å². The van der Waals surface area contributed by atoms with E-state index in [-0.39, 0.29) is 130 Å². The Labute approximate surface area is 846 Å². The van der Waals surface area contributed by atoms with Gasteiger partial charge in [-0.05, 0) is 249 Å². The number of hydrogen-bond acceptors (Lipinski definition) is 26. The van der Waals surface area contributed by atoms with Gasteiger partial charge in [0.05, 0.1) is 36.8 Å². The first-order chi connectivity index (χ1) is 66.1.